The molecule has 2 aromatic heterocycles. The summed E-state index contributed by atoms with van der Waals surface area (Å²) in [6.07, 6.45) is 3.35. The number of carbonyl (C=O) groups is 1. The standard InChI is InChI=1S/C13H18N4O2/c1-9(18)15-10-6-14-17(7-10)8-11-5-12(16-19-11)13(2,3)4/h5-7H,8H2,1-4H3,(H,15,18). The van der Waals surface area contributed by atoms with Crippen molar-refractivity contribution in [1.82, 2.24) is 14.9 Å². The lowest BCUT2D eigenvalue weighted by Gasteiger charge is -2.12. The second-order valence-electron chi connectivity index (χ2n) is 5.54. The van der Waals surface area contributed by atoms with Crippen LogP contribution in [-0.2, 0) is 16.8 Å². The Morgan fingerprint density at radius 3 is 2.79 bits per heavy atom. The van der Waals surface area contributed by atoms with Crippen molar-refractivity contribution in [3.8, 4) is 0 Å². The van der Waals surface area contributed by atoms with E-state index in [0.29, 0.717) is 12.2 Å². The Balaban J connectivity index is 2.07. The molecule has 6 nitrogen and oxygen atoms in total. The van der Waals surface area contributed by atoms with Gasteiger partial charge in [0.2, 0.25) is 5.91 Å². The van der Waals surface area contributed by atoms with Crippen LogP contribution in [0, 0.1) is 0 Å². The molecule has 0 saturated carbocycles. The first kappa shape index (κ1) is 13.3. The maximum Gasteiger partial charge on any atom is 0.221 e. The number of nitrogens with zero attached hydrogens (tertiary/aromatic N) is 3. The van der Waals surface area contributed by atoms with E-state index < -0.39 is 0 Å². The lowest BCUT2D eigenvalue weighted by atomic mass is 9.92. The van der Waals surface area contributed by atoms with Crippen LogP contribution >= 0.6 is 0 Å². The Kier molecular flexibility index (Phi) is 3.42. The molecule has 0 aliphatic heterocycles. The highest BCUT2D eigenvalue weighted by Crippen LogP contribution is 2.21. The molecule has 1 amide bonds. The largest absolute Gasteiger partial charge is 0.359 e. The zero-order valence-corrected chi connectivity index (χ0v) is 11.6. The molecule has 0 bridgehead atoms. The summed E-state index contributed by atoms with van der Waals surface area (Å²) in [5, 5.41) is 10.9. The fourth-order valence-corrected chi connectivity index (χ4v) is 1.62. The van der Waals surface area contributed by atoms with Gasteiger partial charge in [-0.25, -0.2) is 0 Å². The zero-order chi connectivity index (χ0) is 14.0. The van der Waals surface area contributed by atoms with Crippen molar-refractivity contribution < 1.29 is 9.32 Å². The summed E-state index contributed by atoms with van der Waals surface area (Å²) >= 11 is 0. The summed E-state index contributed by atoms with van der Waals surface area (Å²) in [7, 11) is 0. The molecule has 0 unspecified atom stereocenters. The van der Waals surface area contributed by atoms with Gasteiger partial charge in [0.1, 0.15) is 6.54 Å². The van der Waals surface area contributed by atoms with Crippen molar-refractivity contribution in [2.24, 2.45) is 0 Å². The quantitative estimate of drug-likeness (QED) is 0.920. The van der Waals surface area contributed by atoms with Crippen LogP contribution in [0.1, 0.15) is 39.1 Å². The highest BCUT2D eigenvalue weighted by Gasteiger charge is 2.19. The van der Waals surface area contributed by atoms with Crippen molar-refractivity contribution >= 4 is 11.6 Å². The minimum atomic E-state index is -0.116. The van der Waals surface area contributed by atoms with Crippen molar-refractivity contribution in [2.45, 2.75) is 39.7 Å². The molecule has 1 N–H and O–H groups in total. The minimum absolute atomic E-state index is 0.0345. The highest BCUT2D eigenvalue weighted by atomic mass is 16.5. The predicted molar refractivity (Wildman–Crippen MR) is 70.8 cm³/mol. The number of anilines is 1. The van der Waals surface area contributed by atoms with Gasteiger partial charge >= 0.3 is 0 Å². The van der Waals surface area contributed by atoms with E-state index in [1.165, 1.54) is 6.92 Å². The van der Waals surface area contributed by atoms with Crippen LogP contribution < -0.4 is 5.32 Å². The second-order valence-corrected chi connectivity index (χ2v) is 5.54. The molecule has 6 heteroatoms. The fourth-order valence-electron chi connectivity index (χ4n) is 1.62. The molecular weight excluding hydrogens is 244 g/mol. The number of hydrogen-bond acceptors (Lipinski definition) is 4. The lowest BCUT2D eigenvalue weighted by Crippen LogP contribution is -2.11. The summed E-state index contributed by atoms with van der Waals surface area (Å²) in [5.41, 5.74) is 1.55. The van der Waals surface area contributed by atoms with Crippen LogP contribution in [0.5, 0.6) is 0 Å². The highest BCUT2D eigenvalue weighted by molar-refractivity contribution is 5.88. The van der Waals surface area contributed by atoms with Crippen molar-refractivity contribution in [3.63, 3.8) is 0 Å². The van der Waals surface area contributed by atoms with Gasteiger partial charge in [0.05, 0.1) is 17.6 Å². The summed E-state index contributed by atoms with van der Waals surface area (Å²) in [6, 6.07) is 1.93. The summed E-state index contributed by atoms with van der Waals surface area (Å²) in [6.45, 7) is 8.19. The number of rotatable bonds is 3. The monoisotopic (exact) mass is 262 g/mol. The van der Waals surface area contributed by atoms with E-state index in [9.17, 15) is 4.79 Å². The third-order valence-electron chi connectivity index (χ3n) is 2.60. The Labute approximate surface area is 111 Å². The van der Waals surface area contributed by atoms with Gasteiger partial charge in [-0.15, -0.1) is 0 Å². The first-order chi connectivity index (χ1) is 8.84. The molecule has 19 heavy (non-hydrogen) atoms. The van der Waals surface area contributed by atoms with Gasteiger partial charge in [0.25, 0.3) is 0 Å². The van der Waals surface area contributed by atoms with Gasteiger partial charge in [-0.3, -0.25) is 9.48 Å². The topological polar surface area (TPSA) is 73.0 Å². The lowest BCUT2D eigenvalue weighted by molar-refractivity contribution is -0.114. The Morgan fingerprint density at radius 2 is 2.21 bits per heavy atom. The minimum Gasteiger partial charge on any atom is -0.359 e. The fraction of sp³-hybridized carbons (Fsp3) is 0.462. The average Bonchev–Trinajstić information content (AvgIpc) is 2.86. The Morgan fingerprint density at radius 1 is 1.47 bits per heavy atom. The molecule has 102 valence electrons. The smallest absolute Gasteiger partial charge is 0.221 e. The van der Waals surface area contributed by atoms with E-state index in [1.54, 1.807) is 17.1 Å². The SMILES string of the molecule is CC(=O)Nc1cnn(Cc2cc(C(C)(C)C)no2)c1. The molecule has 0 aliphatic carbocycles. The molecule has 2 aromatic rings. The first-order valence-corrected chi connectivity index (χ1v) is 6.11. The molecular formula is C13H18N4O2. The predicted octanol–water partition coefficient (Wildman–Crippen LogP) is 2.18. The van der Waals surface area contributed by atoms with Gasteiger partial charge in [-0.1, -0.05) is 25.9 Å². The Bertz CT molecular complexity index is 577. The average molecular weight is 262 g/mol. The third kappa shape index (κ3) is 3.43. The van der Waals surface area contributed by atoms with Crippen LogP contribution in [0.3, 0.4) is 0 Å². The van der Waals surface area contributed by atoms with Gasteiger partial charge < -0.3 is 9.84 Å². The van der Waals surface area contributed by atoms with Crippen LogP contribution in [-0.4, -0.2) is 20.8 Å². The summed E-state index contributed by atoms with van der Waals surface area (Å²) in [5.74, 6) is 0.622. The molecule has 0 saturated heterocycles. The number of aromatic nitrogens is 3. The number of carbonyl (C=O) groups excluding carboxylic acids is 1. The molecule has 0 radical (unpaired) electrons. The van der Waals surface area contributed by atoms with Crippen molar-refractivity contribution in [1.29, 1.82) is 0 Å². The number of hydrogen-bond donors (Lipinski definition) is 1. The molecule has 0 aliphatic rings. The van der Waals surface area contributed by atoms with E-state index in [2.05, 4.69) is 36.3 Å². The van der Waals surface area contributed by atoms with Gasteiger partial charge in [-0.05, 0) is 0 Å². The van der Waals surface area contributed by atoms with E-state index in [0.717, 1.165) is 11.5 Å². The molecule has 0 spiro atoms. The van der Waals surface area contributed by atoms with Gasteiger partial charge in [0.15, 0.2) is 5.76 Å². The molecule has 2 heterocycles. The van der Waals surface area contributed by atoms with Crippen LogP contribution in [0.2, 0.25) is 0 Å². The molecule has 0 aromatic carbocycles. The normalized spacial score (nSPS) is 11.6. The molecule has 2 rings (SSSR count). The summed E-state index contributed by atoms with van der Waals surface area (Å²) < 4.78 is 6.98. The summed E-state index contributed by atoms with van der Waals surface area (Å²) in [4.78, 5) is 10.9. The van der Waals surface area contributed by atoms with Crippen LogP contribution in [0.25, 0.3) is 0 Å². The third-order valence-corrected chi connectivity index (χ3v) is 2.60. The molecule has 0 fully saturated rings. The van der Waals surface area contributed by atoms with E-state index in [-0.39, 0.29) is 11.3 Å². The number of amides is 1. The van der Waals surface area contributed by atoms with E-state index >= 15 is 0 Å². The van der Waals surface area contributed by atoms with Crippen LogP contribution in [0.4, 0.5) is 5.69 Å². The van der Waals surface area contributed by atoms with Crippen LogP contribution in [0.15, 0.2) is 23.0 Å². The maximum atomic E-state index is 10.9. The number of nitrogens with one attached hydrogen (secondary N) is 1. The Hall–Kier alpha value is -2.11. The second kappa shape index (κ2) is 4.87. The molecule has 0 atom stereocenters. The van der Waals surface area contributed by atoms with Gasteiger partial charge in [-0.2, -0.15) is 5.10 Å². The van der Waals surface area contributed by atoms with Gasteiger partial charge in [0, 0.05) is 24.6 Å². The first-order valence-electron chi connectivity index (χ1n) is 6.11. The maximum absolute atomic E-state index is 10.9. The van der Waals surface area contributed by atoms with Crippen molar-refractivity contribution in [2.75, 3.05) is 5.32 Å². The van der Waals surface area contributed by atoms with E-state index in [1.807, 2.05) is 6.07 Å². The van der Waals surface area contributed by atoms with E-state index in [4.69, 9.17) is 4.52 Å². The zero-order valence-electron chi connectivity index (χ0n) is 11.6. The van der Waals surface area contributed by atoms with Crippen molar-refractivity contribution in [3.05, 3.63) is 29.9 Å².